The number of fused-ring (bicyclic) bond motifs is 1. The van der Waals surface area contributed by atoms with Crippen LogP contribution in [0.5, 0.6) is 0 Å². The molecule has 4 aromatic rings. The summed E-state index contributed by atoms with van der Waals surface area (Å²) >= 11 is 0. The fourth-order valence-electron chi connectivity index (χ4n) is 2.97. The standard InChI is InChI=1S/C21H18N4O3/c26-20(14-25-17-8-4-5-9-18(17)28-21(25)27)23-13-11-19-22-12-10-16(24-19)15-6-2-1-3-7-15/h1-10,12H,11,13-14H2,(H,23,26). The van der Waals surface area contributed by atoms with Gasteiger partial charge in [-0.15, -0.1) is 0 Å². The number of amides is 1. The van der Waals surface area contributed by atoms with Gasteiger partial charge in [-0.05, 0) is 18.2 Å². The first-order chi connectivity index (χ1) is 13.7. The first-order valence-electron chi connectivity index (χ1n) is 8.93. The molecule has 0 fully saturated rings. The molecule has 0 aliphatic carbocycles. The monoisotopic (exact) mass is 374 g/mol. The molecule has 4 rings (SSSR count). The lowest BCUT2D eigenvalue weighted by molar-refractivity contribution is -0.121. The van der Waals surface area contributed by atoms with Crippen LogP contribution in [0.25, 0.3) is 22.4 Å². The zero-order valence-electron chi connectivity index (χ0n) is 15.0. The van der Waals surface area contributed by atoms with Crippen molar-refractivity contribution in [3.05, 3.63) is 83.2 Å². The lowest BCUT2D eigenvalue weighted by Gasteiger charge is -2.06. The summed E-state index contributed by atoms with van der Waals surface area (Å²) in [5.74, 6) is -0.171. The molecule has 0 spiro atoms. The van der Waals surface area contributed by atoms with Crippen LogP contribution >= 0.6 is 0 Å². The van der Waals surface area contributed by atoms with Crippen LogP contribution in [0.1, 0.15) is 5.82 Å². The minimum atomic E-state index is -0.546. The average molecular weight is 374 g/mol. The predicted molar refractivity (Wildman–Crippen MR) is 105 cm³/mol. The molecule has 0 aliphatic rings. The second kappa shape index (κ2) is 7.87. The molecule has 0 radical (unpaired) electrons. The number of rotatable bonds is 6. The van der Waals surface area contributed by atoms with Crippen molar-refractivity contribution in [1.29, 1.82) is 0 Å². The fraction of sp³-hybridized carbons (Fsp3) is 0.143. The van der Waals surface area contributed by atoms with Gasteiger partial charge in [0.15, 0.2) is 5.58 Å². The van der Waals surface area contributed by atoms with E-state index in [2.05, 4.69) is 15.3 Å². The maximum absolute atomic E-state index is 12.2. The number of carbonyl (C=O) groups excluding carboxylic acids is 1. The van der Waals surface area contributed by atoms with E-state index in [4.69, 9.17) is 4.42 Å². The van der Waals surface area contributed by atoms with E-state index >= 15 is 0 Å². The molecular weight excluding hydrogens is 356 g/mol. The van der Waals surface area contributed by atoms with Crippen molar-refractivity contribution >= 4 is 17.0 Å². The Hall–Kier alpha value is -3.74. The molecule has 0 atom stereocenters. The second-order valence-electron chi connectivity index (χ2n) is 6.25. The highest BCUT2D eigenvalue weighted by atomic mass is 16.4. The third-order valence-corrected chi connectivity index (χ3v) is 4.32. The molecular formula is C21H18N4O3. The van der Waals surface area contributed by atoms with Crippen LogP contribution in [0.3, 0.4) is 0 Å². The predicted octanol–water partition coefficient (Wildman–Crippen LogP) is 2.41. The van der Waals surface area contributed by atoms with Gasteiger partial charge >= 0.3 is 5.76 Å². The molecule has 1 N–H and O–H groups in total. The molecule has 0 saturated carbocycles. The second-order valence-corrected chi connectivity index (χ2v) is 6.25. The zero-order chi connectivity index (χ0) is 19.3. The van der Waals surface area contributed by atoms with Crippen molar-refractivity contribution < 1.29 is 9.21 Å². The molecule has 7 heteroatoms. The van der Waals surface area contributed by atoms with Gasteiger partial charge < -0.3 is 9.73 Å². The highest BCUT2D eigenvalue weighted by molar-refractivity contribution is 5.79. The summed E-state index contributed by atoms with van der Waals surface area (Å²) in [5, 5.41) is 2.80. The van der Waals surface area contributed by atoms with Gasteiger partial charge in [0.25, 0.3) is 0 Å². The summed E-state index contributed by atoms with van der Waals surface area (Å²) in [4.78, 5) is 33.0. The SMILES string of the molecule is O=C(Cn1c(=O)oc2ccccc21)NCCc1nccc(-c2ccccc2)n1. The van der Waals surface area contributed by atoms with Crippen LogP contribution in [0.2, 0.25) is 0 Å². The van der Waals surface area contributed by atoms with Gasteiger partial charge in [0.1, 0.15) is 12.4 Å². The minimum Gasteiger partial charge on any atom is -0.408 e. The Bertz CT molecular complexity index is 1160. The summed E-state index contributed by atoms with van der Waals surface area (Å²) in [7, 11) is 0. The van der Waals surface area contributed by atoms with E-state index in [1.165, 1.54) is 4.57 Å². The topological polar surface area (TPSA) is 90.0 Å². The minimum absolute atomic E-state index is 0.0965. The molecule has 0 aliphatic heterocycles. The van der Waals surface area contributed by atoms with Gasteiger partial charge in [0.05, 0.1) is 11.2 Å². The maximum Gasteiger partial charge on any atom is 0.420 e. The number of para-hydroxylation sites is 2. The molecule has 7 nitrogen and oxygen atoms in total. The highest BCUT2D eigenvalue weighted by Crippen LogP contribution is 2.15. The Morgan fingerprint density at radius 1 is 1.04 bits per heavy atom. The largest absolute Gasteiger partial charge is 0.420 e. The average Bonchev–Trinajstić information content (AvgIpc) is 3.04. The van der Waals surface area contributed by atoms with Crippen molar-refractivity contribution in [2.24, 2.45) is 0 Å². The Labute approximate surface area is 160 Å². The molecule has 0 saturated heterocycles. The number of aromatic nitrogens is 3. The lowest BCUT2D eigenvalue weighted by Crippen LogP contribution is -2.32. The smallest absolute Gasteiger partial charge is 0.408 e. The summed E-state index contributed by atoms with van der Waals surface area (Å²) in [6, 6.07) is 18.7. The van der Waals surface area contributed by atoms with Gasteiger partial charge in [0, 0.05) is 24.7 Å². The number of oxazole rings is 1. The van der Waals surface area contributed by atoms with Crippen molar-refractivity contribution in [3.8, 4) is 11.3 Å². The first-order valence-corrected chi connectivity index (χ1v) is 8.93. The Morgan fingerprint density at radius 3 is 2.68 bits per heavy atom. The number of hydrogen-bond donors (Lipinski definition) is 1. The normalized spacial score (nSPS) is 10.9. The Balaban J connectivity index is 1.37. The molecule has 0 unspecified atom stereocenters. The maximum atomic E-state index is 12.2. The number of hydrogen-bond acceptors (Lipinski definition) is 5. The molecule has 140 valence electrons. The molecule has 28 heavy (non-hydrogen) atoms. The third-order valence-electron chi connectivity index (χ3n) is 4.32. The first kappa shape index (κ1) is 17.7. The summed E-state index contributed by atoms with van der Waals surface area (Å²) < 4.78 is 6.45. The molecule has 2 aromatic carbocycles. The van der Waals surface area contributed by atoms with Crippen molar-refractivity contribution in [1.82, 2.24) is 19.9 Å². The van der Waals surface area contributed by atoms with E-state index in [0.717, 1.165) is 11.3 Å². The highest BCUT2D eigenvalue weighted by Gasteiger charge is 2.12. The van der Waals surface area contributed by atoms with Gasteiger partial charge in [-0.1, -0.05) is 42.5 Å². The van der Waals surface area contributed by atoms with Crippen molar-refractivity contribution in [2.75, 3.05) is 6.54 Å². The van der Waals surface area contributed by atoms with Gasteiger partial charge in [-0.2, -0.15) is 0 Å². The Morgan fingerprint density at radius 2 is 1.82 bits per heavy atom. The summed E-state index contributed by atoms with van der Waals surface area (Å²) in [6.45, 7) is 0.280. The van der Waals surface area contributed by atoms with Gasteiger partial charge in [-0.3, -0.25) is 9.36 Å². The van der Waals surface area contributed by atoms with Crippen LogP contribution in [0, 0.1) is 0 Å². The summed E-state index contributed by atoms with van der Waals surface area (Å²) in [5.41, 5.74) is 2.92. The fourth-order valence-corrected chi connectivity index (χ4v) is 2.97. The van der Waals surface area contributed by atoms with Gasteiger partial charge in [-0.25, -0.2) is 14.8 Å². The van der Waals surface area contributed by atoms with E-state index in [1.54, 1.807) is 30.5 Å². The Kier molecular flexibility index (Phi) is 4.97. The van der Waals surface area contributed by atoms with Crippen LogP contribution in [0.4, 0.5) is 0 Å². The van der Waals surface area contributed by atoms with Crippen LogP contribution in [-0.4, -0.2) is 27.0 Å². The molecule has 2 aromatic heterocycles. The number of carbonyl (C=O) groups is 1. The number of benzene rings is 2. The summed E-state index contributed by atoms with van der Waals surface area (Å²) in [6.07, 6.45) is 2.21. The van der Waals surface area contributed by atoms with E-state index in [-0.39, 0.29) is 12.5 Å². The van der Waals surface area contributed by atoms with Crippen LogP contribution in [0.15, 0.2) is 76.1 Å². The van der Waals surface area contributed by atoms with Crippen molar-refractivity contribution in [3.63, 3.8) is 0 Å². The number of nitrogens with zero attached hydrogens (tertiary/aromatic N) is 3. The van der Waals surface area contributed by atoms with Crippen molar-refractivity contribution in [2.45, 2.75) is 13.0 Å². The van der Waals surface area contributed by atoms with Gasteiger partial charge in [0.2, 0.25) is 5.91 Å². The zero-order valence-corrected chi connectivity index (χ0v) is 15.0. The molecule has 0 bridgehead atoms. The number of nitrogens with one attached hydrogen (secondary N) is 1. The van der Waals surface area contributed by atoms with E-state index < -0.39 is 5.76 Å². The van der Waals surface area contributed by atoms with E-state index in [9.17, 15) is 9.59 Å². The molecule has 2 heterocycles. The van der Waals surface area contributed by atoms with Crippen LogP contribution < -0.4 is 11.1 Å². The molecule has 1 amide bonds. The van der Waals surface area contributed by atoms with E-state index in [1.807, 2.05) is 36.4 Å². The van der Waals surface area contributed by atoms with Crippen LogP contribution in [-0.2, 0) is 17.8 Å². The lowest BCUT2D eigenvalue weighted by atomic mass is 10.1. The third kappa shape index (κ3) is 3.83. The van der Waals surface area contributed by atoms with E-state index in [0.29, 0.717) is 29.9 Å². The quantitative estimate of drug-likeness (QED) is 0.560.